The molecule has 1 saturated heterocycles. The Morgan fingerprint density at radius 2 is 1.96 bits per heavy atom. The van der Waals surface area contributed by atoms with Crippen molar-refractivity contribution >= 4 is 17.7 Å². The standard InChI is InChI=1S/C18H24N6O/c1-13(2)11-15(25)24-10-3-5-14(12-24)16-17(20-9-8-19-16)23-18-21-6-4-7-22-18/h4,6-9,13-14H,3,5,10-12H2,1-2H3,(H,20,21,22,23). The summed E-state index contributed by atoms with van der Waals surface area (Å²) in [7, 11) is 0. The molecule has 1 unspecified atom stereocenters. The molecule has 3 rings (SSSR count). The third-order valence-corrected chi connectivity index (χ3v) is 4.27. The van der Waals surface area contributed by atoms with Crippen LogP contribution in [0.1, 0.15) is 44.7 Å². The van der Waals surface area contributed by atoms with Gasteiger partial charge in [-0.2, -0.15) is 0 Å². The molecule has 0 bridgehead atoms. The predicted molar refractivity (Wildman–Crippen MR) is 95.4 cm³/mol. The number of carbonyl (C=O) groups is 1. The Bertz CT molecular complexity index is 706. The molecule has 0 aromatic carbocycles. The number of amides is 1. The van der Waals surface area contributed by atoms with E-state index >= 15 is 0 Å². The van der Waals surface area contributed by atoms with E-state index in [9.17, 15) is 4.79 Å². The summed E-state index contributed by atoms with van der Waals surface area (Å²) in [6.45, 7) is 5.66. The van der Waals surface area contributed by atoms with Crippen LogP contribution >= 0.6 is 0 Å². The molecular weight excluding hydrogens is 316 g/mol. The zero-order valence-electron chi connectivity index (χ0n) is 14.7. The number of hydrogen-bond donors (Lipinski definition) is 1. The summed E-state index contributed by atoms with van der Waals surface area (Å²) in [5.41, 5.74) is 0.872. The molecule has 0 radical (unpaired) electrons. The number of nitrogens with zero attached hydrogens (tertiary/aromatic N) is 5. The number of hydrogen-bond acceptors (Lipinski definition) is 6. The van der Waals surface area contributed by atoms with Crippen LogP contribution in [0.4, 0.5) is 11.8 Å². The van der Waals surface area contributed by atoms with E-state index in [2.05, 4.69) is 39.1 Å². The first-order valence-electron chi connectivity index (χ1n) is 8.76. The van der Waals surface area contributed by atoms with Crippen molar-refractivity contribution in [3.05, 3.63) is 36.5 Å². The number of carbonyl (C=O) groups excluding carboxylic acids is 1. The van der Waals surface area contributed by atoms with Gasteiger partial charge in [0.25, 0.3) is 0 Å². The second-order valence-electron chi connectivity index (χ2n) is 6.76. The van der Waals surface area contributed by atoms with Crippen molar-refractivity contribution < 1.29 is 4.79 Å². The highest BCUT2D eigenvalue weighted by molar-refractivity contribution is 5.76. The average molecular weight is 340 g/mol. The van der Waals surface area contributed by atoms with Gasteiger partial charge in [0.1, 0.15) is 0 Å². The summed E-state index contributed by atoms with van der Waals surface area (Å²) >= 11 is 0. The molecule has 0 aliphatic carbocycles. The number of rotatable bonds is 5. The average Bonchev–Trinajstić information content (AvgIpc) is 2.63. The maximum atomic E-state index is 12.4. The van der Waals surface area contributed by atoms with Crippen LogP contribution in [0.3, 0.4) is 0 Å². The normalized spacial score (nSPS) is 17.6. The minimum Gasteiger partial charge on any atom is -0.342 e. The third kappa shape index (κ3) is 4.49. The van der Waals surface area contributed by atoms with Crippen molar-refractivity contribution in [3.63, 3.8) is 0 Å². The number of anilines is 2. The van der Waals surface area contributed by atoms with Crippen molar-refractivity contribution in [2.45, 2.75) is 39.0 Å². The van der Waals surface area contributed by atoms with Crippen molar-refractivity contribution in [1.29, 1.82) is 0 Å². The summed E-state index contributed by atoms with van der Waals surface area (Å²) in [6.07, 6.45) is 9.27. The zero-order valence-corrected chi connectivity index (χ0v) is 14.7. The molecule has 1 aliphatic heterocycles. The van der Waals surface area contributed by atoms with Crippen molar-refractivity contribution in [2.24, 2.45) is 5.92 Å². The Labute approximate surface area is 147 Å². The maximum Gasteiger partial charge on any atom is 0.228 e. The predicted octanol–water partition coefficient (Wildman–Crippen LogP) is 2.76. The first-order chi connectivity index (χ1) is 12.1. The number of piperidine rings is 1. The Balaban J connectivity index is 1.76. The Morgan fingerprint density at radius 1 is 1.20 bits per heavy atom. The summed E-state index contributed by atoms with van der Waals surface area (Å²) in [6, 6.07) is 1.77. The molecule has 3 heterocycles. The van der Waals surface area contributed by atoms with E-state index in [1.807, 2.05) is 4.90 Å². The van der Waals surface area contributed by atoms with E-state index in [1.54, 1.807) is 30.9 Å². The fraction of sp³-hybridized carbons (Fsp3) is 0.500. The van der Waals surface area contributed by atoms with Gasteiger partial charge >= 0.3 is 0 Å². The van der Waals surface area contributed by atoms with E-state index in [-0.39, 0.29) is 11.8 Å². The molecule has 7 heteroatoms. The lowest BCUT2D eigenvalue weighted by Gasteiger charge is -2.33. The molecule has 132 valence electrons. The summed E-state index contributed by atoms with van der Waals surface area (Å²) < 4.78 is 0. The minimum atomic E-state index is 0.171. The fourth-order valence-electron chi connectivity index (χ4n) is 3.12. The highest BCUT2D eigenvalue weighted by Gasteiger charge is 2.28. The van der Waals surface area contributed by atoms with Crippen LogP contribution in [-0.4, -0.2) is 43.8 Å². The molecule has 0 saturated carbocycles. The molecule has 1 fully saturated rings. The molecule has 1 N–H and O–H groups in total. The largest absolute Gasteiger partial charge is 0.342 e. The highest BCUT2D eigenvalue weighted by atomic mass is 16.2. The quantitative estimate of drug-likeness (QED) is 0.901. The molecule has 7 nitrogen and oxygen atoms in total. The molecule has 25 heavy (non-hydrogen) atoms. The van der Waals surface area contributed by atoms with Crippen LogP contribution in [-0.2, 0) is 4.79 Å². The van der Waals surface area contributed by atoms with Crippen LogP contribution in [0.2, 0.25) is 0 Å². The molecule has 1 amide bonds. The van der Waals surface area contributed by atoms with Crippen molar-refractivity contribution in [2.75, 3.05) is 18.4 Å². The number of aromatic nitrogens is 4. The van der Waals surface area contributed by atoms with Crippen LogP contribution in [0.15, 0.2) is 30.9 Å². The lowest BCUT2D eigenvalue weighted by atomic mass is 9.93. The molecule has 1 atom stereocenters. The topological polar surface area (TPSA) is 83.9 Å². The lowest BCUT2D eigenvalue weighted by Crippen LogP contribution is -2.39. The van der Waals surface area contributed by atoms with E-state index in [1.165, 1.54) is 0 Å². The van der Waals surface area contributed by atoms with Crippen molar-refractivity contribution in [1.82, 2.24) is 24.8 Å². The number of nitrogens with one attached hydrogen (secondary N) is 1. The van der Waals surface area contributed by atoms with E-state index < -0.39 is 0 Å². The van der Waals surface area contributed by atoms with Crippen LogP contribution in [0.25, 0.3) is 0 Å². The maximum absolute atomic E-state index is 12.4. The smallest absolute Gasteiger partial charge is 0.228 e. The molecule has 1 aliphatic rings. The first-order valence-corrected chi connectivity index (χ1v) is 8.76. The van der Waals surface area contributed by atoms with E-state index in [0.717, 1.165) is 25.1 Å². The Morgan fingerprint density at radius 3 is 2.72 bits per heavy atom. The van der Waals surface area contributed by atoms with Crippen LogP contribution in [0, 0.1) is 5.92 Å². The Hall–Kier alpha value is -2.57. The molecule has 2 aromatic heterocycles. The second kappa shape index (κ2) is 8.00. The Kier molecular flexibility index (Phi) is 5.53. The van der Waals surface area contributed by atoms with Gasteiger partial charge < -0.3 is 10.2 Å². The van der Waals surface area contributed by atoms with Crippen LogP contribution < -0.4 is 5.32 Å². The molecule has 2 aromatic rings. The van der Waals surface area contributed by atoms with Crippen molar-refractivity contribution in [3.8, 4) is 0 Å². The van der Waals surface area contributed by atoms with Gasteiger partial charge in [0, 0.05) is 50.2 Å². The van der Waals surface area contributed by atoms with Gasteiger partial charge in [-0.05, 0) is 24.8 Å². The van der Waals surface area contributed by atoms with Gasteiger partial charge in [-0.3, -0.25) is 9.78 Å². The number of likely N-dealkylation sites (tertiary alicyclic amines) is 1. The SMILES string of the molecule is CC(C)CC(=O)N1CCCC(c2nccnc2Nc2ncccn2)C1. The molecule has 0 spiro atoms. The van der Waals surface area contributed by atoms with Gasteiger partial charge in [-0.15, -0.1) is 0 Å². The zero-order chi connectivity index (χ0) is 17.6. The van der Waals surface area contributed by atoms with Gasteiger partial charge in [-0.25, -0.2) is 15.0 Å². The fourth-order valence-corrected chi connectivity index (χ4v) is 3.12. The third-order valence-electron chi connectivity index (χ3n) is 4.27. The van der Waals surface area contributed by atoms with Gasteiger partial charge in [0.2, 0.25) is 11.9 Å². The van der Waals surface area contributed by atoms with Gasteiger partial charge in [-0.1, -0.05) is 13.8 Å². The van der Waals surface area contributed by atoms with E-state index in [0.29, 0.717) is 30.6 Å². The van der Waals surface area contributed by atoms with E-state index in [4.69, 9.17) is 0 Å². The summed E-state index contributed by atoms with van der Waals surface area (Å²) in [5, 5.41) is 3.15. The van der Waals surface area contributed by atoms with Gasteiger partial charge in [0.15, 0.2) is 5.82 Å². The summed E-state index contributed by atoms with van der Waals surface area (Å²) in [4.78, 5) is 31.7. The monoisotopic (exact) mass is 340 g/mol. The second-order valence-corrected chi connectivity index (χ2v) is 6.76. The lowest BCUT2D eigenvalue weighted by molar-refractivity contribution is -0.133. The molecular formula is C18H24N6O. The minimum absolute atomic E-state index is 0.171. The van der Waals surface area contributed by atoms with Gasteiger partial charge in [0.05, 0.1) is 5.69 Å². The van der Waals surface area contributed by atoms with Crippen LogP contribution in [0.5, 0.6) is 0 Å². The first kappa shape index (κ1) is 17.3. The highest BCUT2D eigenvalue weighted by Crippen LogP contribution is 2.30. The summed E-state index contributed by atoms with van der Waals surface area (Å²) in [5.74, 6) is 1.93.